The SMILES string of the molecule is CCCCC(CC)CN1C(=O)c2ccc([N+](=O)[O-])cc2C1=O. The van der Waals surface area contributed by atoms with Gasteiger partial charge in [-0.1, -0.05) is 33.1 Å². The van der Waals surface area contributed by atoms with Gasteiger partial charge in [0.1, 0.15) is 0 Å². The summed E-state index contributed by atoms with van der Waals surface area (Å²) in [7, 11) is 0. The maximum Gasteiger partial charge on any atom is 0.270 e. The van der Waals surface area contributed by atoms with E-state index in [1.807, 2.05) is 6.92 Å². The van der Waals surface area contributed by atoms with Crippen molar-refractivity contribution in [2.75, 3.05) is 6.54 Å². The van der Waals surface area contributed by atoms with Crippen molar-refractivity contribution in [2.24, 2.45) is 5.92 Å². The lowest BCUT2D eigenvalue weighted by Gasteiger charge is -2.21. The summed E-state index contributed by atoms with van der Waals surface area (Å²) in [6.45, 7) is 4.54. The van der Waals surface area contributed by atoms with Crippen molar-refractivity contribution in [3.05, 3.63) is 39.4 Å². The fraction of sp³-hybridized carbons (Fsp3) is 0.500. The second kappa shape index (κ2) is 6.68. The van der Waals surface area contributed by atoms with E-state index in [1.165, 1.54) is 23.1 Å². The van der Waals surface area contributed by atoms with Crippen LogP contribution < -0.4 is 0 Å². The molecule has 0 aromatic heterocycles. The zero-order valence-corrected chi connectivity index (χ0v) is 12.9. The van der Waals surface area contributed by atoms with Crippen molar-refractivity contribution < 1.29 is 14.5 Å². The number of nitrogens with zero attached hydrogens (tertiary/aromatic N) is 2. The number of nitro groups is 1. The second-order valence-electron chi connectivity index (χ2n) is 5.62. The predicted octanol–water partition coefficient (Wildman–Crippen LogP) is 3.41. The summed E-state index contributed by atoms with van der Waals surface area (Å²) >= 11 is 0. The van der Waals surface area contributed by atoms with Gasteiger partial charge >= 0.3 is 0 Å². The first-order chi connectivity index (χ1) is 10.5. The van der Waals surface area contributed by atoms with Gasteiger partial charge in [0.2, 0.25) is 0 Å². The molecule has 1 heterocycles. The van der Waals surface area contributed by atoms with E-state index in [-0.39, 0.29) is 28.6 Å². The molecule has 22 heavy (non-hydrogen) atoms. The Kier molecular flexibility index (Phi) is 4.90. The molecule has 0 saturated heterocycles. The van der Waals surface area contributed by atoms with E-state index in [2.05, 4.69) is 6.92 Å². The lowest BCUT2D eigenvalue weighted by molar-refractivity contribution is -0.384. The number of non-ortho nitro benzene ring substituents is 1. The maximum atomic E-state index is 12.4. The Hall–Kier alpha value is -2.24. The normalized spacial score (nSPS) is 15.1. The molecule has 0 radical (unpaired) electrons. The molecule has 1 aromatic rings. The Bertz CT molecular complexity index is 612. The third-order valence-electron chi connectivity index (χ3n) is 4.15. The van der Waals surface area contributed by atoms with Crippen LogP contribution in [0.3, 0.4) is 0 Å². The number of benzene rings is 1. The molecule has 0 aliphatic carbocycles. The topological polar surface area (TPSA) is 80.5 Å². The Morgan fingerprint density at radius 1 is 1.18 bits per heavy atom. The molecule has 118 valence electrons. The molecule has 0 bridgehead atoms. The van der Waals surface area contributed by atoms with Crippen LogP contribution >= 0.6 is 0 Å². The van der Waals surface area contributed by atoms with Crippen molar-refractivity contribution in [3.8, 4) is 0 Å². The average molecular weight is 304 g/mol. The number of amides is 2. The van der Waals surface area contributed by atoms with Crippen molar-refractivity contribution in [2.45, 2.75) is 39.5 Å². The van der Waals surface area contributed by atoms with E-state index in [0.717, 1.165) is 25.7 Å². The van der Waals surface area contributed by atoms with Gasteiger partial charge in [-0.05, 0) is 18.4 Å². The van der Waals surface area contributed by atoms with Crippen molar-refractivity contribution in [1.29, 1.82) is 0 Å². The first kappa shape index (κ1) is 16.1. The summed E-state index contributed by atoms with van der Waals surface area (Å²) in [5, 5.41) is 10.8. The van der Waals surface area contributed by atoms with Crippen LogP contribution in [0.4, 0.5) is 5.69 Å². The summed E-state index contributed by atoms with van der Waals surface area (Å²) in [6.07, 6.45) is 4.01. The Labute approximate surface area is 129 Å². The predicted molar refractivity (Wildman–Crippen MR) is 81.8 cm³/mol. The van der Waals surface area contributed by atoms with Gasteiger partial charge in [0.15, 0.2) is 0 Å². The minimum Gasteiger partial charge on any atom is -0.274 e. The zero-order chi connectivity index (χ0) is 16.3. The minimum absolute atomic E-state index is 0.143. The van der Waals surface area contributed by atoms with E-state index in [4.69, 9.17) is 0 Å². The van der Waals surface area contributed by atoms with Crippen LogP contribution in [0.2, 0.25) is 0 Å². The minimum atomic E-state index is -0.559. The van der Waals surface area contributed by atoms with Gasteiger partial charge < -0.3 is 0 Å². The molecule has 6 nitrogen and oxygen atoms in total. The van der Waals surface area contributed by atoms with Crippen LogP contribution in [0.5, 0.6) is 0 Å². The molecule has 6 heteroatoms. The van der Waals surface area contributed by atoms with E-state index < -0.39 is 10.8 Å². The fourth-order valence-corrected chi connectivity index (χ4v) is 2.73. The number of hydrogen-bond donors (Lipinski definition) is 0. The van der Waals surface area contributed by atoms with Gasteiger partial charge in [0, 0.05) is 18.7 Å². The highest BCUT2D eigenvalue weighted by atomic mass is 16.6. The van der Waals surface area contributed by atoms with Crippen molar-refractivity contribution >= 4 is 17.5 Å². The number of rotatable bonds is 7. The number of unbranched alkanes of at least 4 members (excludes halogenated alkanes) is 1. The third-order valence-corrected chi connectivity index (χ3v) is 4.15. The number of nitro benzene ring substituents is 1. The molecule has 1 aliphatic heterocycles. The van der Waals surface area contributed by atoms with Crippen molar-refractivity contribution in [3.63, 3.8) is 0 Å². The van der Waals surface area contributed by atoms with Gasteiger partial charge in [0.05, 0.1) is 16.1 Å². The maximum absolute atomic E-state index is 12.4. The lowest BCUT2D eigenvalue weighted by atomic mass is 9.99. The molecule has 2 amide bonds. The molecule has 0 fully saturated rings. The summed E-state index contributed by atoms with van der Waals surface area (Å²) < 4.78 is 0. The third kappa shape index (κ3) is 3.00. The first-order valence-electron chi connectivity index (χ1n) is 7.64. The quantitative estimate of drug-likeness (QED) is 0.439. The Balaban J connectivity index is 2.21. The number of carbonyl (C=O) groups excluding carboxylic acids is 2. The Morgan fingerprint density at radius 2 is 1.86 bits per heavy atom. The van der Waals surface area contributed by atoms with E-state index in [0.29, 0.717) is 6.54 Å². The number of carbonyl (C=O) groups is 2. The molecule has 2 rings (SSSR count). The number of imide groups is 1. The largest absolute Gasteiger partial charge is 0.274 e. The molecule has 1 unspecified atom stereocenters. The summed E-state index contributed by atoms with van der Waals surface area (Å²) in [5.74, 6) is -0.486. The van der Waals surface area contributed by atoms with Gasteiger partial charge in [-0.3, -0.25) is 24.6 Å². The van der Waals surface area contributed by atoms with Crippen LogP contribution in [-0.2, 0) is 0 Å². The summed E-state index contributed by atoms with van der Waals surface area (Å²) in [4.78, 5) is 36.2. The van der Waals surface area contributed by atoms with Crippen LogP contribution in [0.15, 0.2) is 18.2 Å². The van der Waals surface area contributed by atoms with E-state index in [9.17, 15) is 19.7 Å². The van der Waals surface area contributed by atoms with Gasteiger partial charge in [-0.15, -0.1) is 0 Å². The average Bonchev–Trinajstić information content (AvgIpc) is 2.75. The molecule has 1 atom stereocenters. The molecule has 1 aromatic carbocycles. The second-order valence-corrected chi connectivity index (χ2v) is 5.62. The first-order valence-corrected chi connectivity index (χ1v) is 7.64. The monoisotopic (exact) mass is 304 g/mol. The standard InChI is InChI=1S/C16H20N2O4/c1-3-5-6-11(4-2)10-17-15(19)13-8-7-12(18(21)22)9-14(13)16(17)20/h7-9,11H,3-6,10H2,1-2H3. The van der Waals surface area contributed by atoms with Gasteiger partial charge in [-0.2, -0.15) is 0 Å². The van der Waals surface area contributed by atoms with E-state index in [1.54, 1.807) is 0 Å². The molecule has 0 N–H and O–H groups in total. The molecule has 0 saturated carbocycles. The fourth-order valence-electron chi connectivity index (χ4n) is 2.73. The van der Waals surface area contributed by atoms with E-state index >= 15 is 0 Å². The molecule has 1 aliphatic rings. The zero-order valence-electron chi connectivity index (χ0n) is 12.9. The van der Waals surface area contributed by atoms with Crippen LogP contribution in [-0.4, -0.2) is 28.2 Å². The van der Waals surface area contributed by atoms with Gasteiger partial charge in [-0.25, -0.2) is 0 Å². The summed E-state index contributed by atoms with van der Waals surface area (Å²) in [6, 6.07) is 3.84. The van der Waals surface area contributed by atoms with Gasteiger partial charge in [0.25, 0.3) is 17.5 Å². The molecular formula is C16H20N2O4. The number of fused-ring (bicyclic) bond motifs is 1. The van der Waals surface area contributed by atoms with Crippen LogP contribution in [0, 0.1) is 16.0 Å². The lowest BCUT2D eigenvalue weighted by Crippen LogP contribution is -2.34. The Morgan fingerprint density at radius 3 is 2.45 bits per heavy atom. The molecular weight excluding hydrogens is 284 g/mol. The highest BCUT2D eigenvalue weighted by Gasteiger charge is 2.37. The van der Waals surface area contributed by atoms with Crippen LogP contribution in [0.1, 0.15) is 60.2 Å². The smallest absolute Gasteiger partial charge is 0.270 e. The molecule has 0 spiro atoms. The highest BCUT2D eigenvalue weighted by molar-refractivity contribution is 6.21. The number of hydrogen-bond acceptors (Lipinski definition) is 4. The van der Waals surface area contributed by atoms with Crippen molar-refractivity contribution in [1.82, 2.24) is 4.90 Å². The summed E-state index contributed by atoms with van der Waals surface area (Å²) in [5.41, 5.74) is 0.241. The highest BCUT2D eigenvalue weighted by Crippen LogP contribution is 2.28. The van der Waals surface area contributed by atoms with Crippen LogP contribution in [0.25, 0.3) is 0 Å².